The number of likely N-dealkylation sites (tertiary alicyclic amines) is 2. The van der Waals surface area contributed by atoms with Crippen molar-refractivity contribution < 1.29 is 26.4 Å². The van der Waals surface area contributed by atoms with Crippen LogP contribution in [0.25, 0.3) is 0 Å². The fourth-order valence-corrected chi connectivity index (χ4v) is 9.43. The second-order valence-electron chi connectivity index (χ2n) is 14.3. The third kappa shape index (κ3) is 9.20. The van der Waals surface area contributed by atoms with Crippen LogP contribution in [0.15, 0.2) is 17.1 Å². The molecule has 2 aliphatic heterocycles. The number of rotatable bonds is 9. The number of hydrogen-bond acceptors (Lipinski definition) is 9. The van der Waals surface area contributed by atoms with Crippen molar-refractivity contribution in [2.45, 2.75) is 89.9 Å². The Labute approximate surface area is 296 Å². The fourth-order valence-electron chi connectivity index (χ4n) is 7.98. The van der Waals surface area contributed by atoms with Gasteiger partial charge in [-0.3, -0.25) is 0 Å². The molecule has 50 heavy (non-hydrogen) atoms. The average Bonchev–Trinajstić information content (AvgIpc) is 3.82. The maximum absolute atomic E-state index is 12.3. The monoisotopic (exact) mass is 726 g/mol. The minimum atomic E-state index is -3.60. The van der Waals surface area contributed by atoms with Gasteiger partial charge in [0, 0.05) is 18.8 Å². The molecule has 2 fully saturated rings. The van der Waals surface area contributed by atoms with Crippen LogP contribution in [0.1, 0.15) is 83.0 Å². The van der Waals surface area contributed by atoms with E-state index in [0.717, 1.165) is 108 Å². The lowest BCUT2D eigenvalue weighted by Crippen LogP contribution is -2.43. The minimum Gasteiger partial charge on any atom is -0.307 e. The molecule has 14 heteroatoms. The molecule has 0 bridgehead atoms. The third-order valence-corrected chi connectivity index (χ3v) is 12.8. The Morgan fingerprint density at radius 3 is 1.54 bits per heavy atom. The molecule has 0 atom stereocenters. The average molecular weight is 727 g/mol. The molecular weight excluding hydrogens is 677 g/mol. The number of aryl methyl sites for hydroxylation is 4. The van der Waals surface area contributed by atoms with E-state index in [-0.39, 0.29) is 11.5 Å². The molecule has 0 radical (unpaired) electrons. The molecule has 0 aromatic heterocycles. The lowest BCUT2D eigenvalue weighted by Gasteiger charge is -2.30. The number of primary sulfonamides is 1. The van der Waals surface area contributed by atoms with Gasteiger partial charge in [-0.25, -0.2) is 36.3 Å². The Kier molecular flexibility index (Phi) is 11.8. The van der Waals surface area contributed by atoms with Crippen molar-refractivity contribution in [3.05, 3.63) is 56.6 Å². The number of sulfonamides is 2. The number of hydrogen-bond donors (Lipinski definition) is 3. The summed E-state index contributed by atoms with van der Waals surface area (Å²) in [5.41, 5.74) is 12.4. The normalized spacial score (nSPS) is 18.8. The number of carbonyl (C=O) groups is 1. The largest absolute Gasteiger partial charge is 0.332 e. The molecule has 0 spiro atoms. The Morgan fingerprint density at radius 2 is 1.12 bits per heavy atom. The molecule has 8 rings (SSSR count). The molecule has 2 saturated heterocycles. The van der Waals surface area contributed by atoms with Gasteiger partial charge in [0.25, 0.3) is 0 Å². The number of isocyanates is 1. The van der Waals surface area contributed by atoms with Gasteiger partial charge in [-0.2, -0.15) is 4.99 Å². The minimum absolute atomic E-state index is 0.0363. The number of benzene rings is 2. The predicted octanol–water partition coefficient (Wildman–Crippen LogP) is 3.43. The van der Waals surface area contributed by atoms with Crippen LogP contribution in [-0.4, -0.2) is 89.5 Å². The topological polar surface area (TPSA) is 171 Å². The second kappa shape index (κ2) is 16.0. The molecule has 272 valence electrons. The van der Waals surface area contributed by atoms with Crippen LogP contribution in [0.3, 0.4) is 0 Å². The van der Waals surface area contributed by atoms with Crippen LogP contribution in [-0.2, 0) is 76.2 Å². The van der Waals surface area contributed by atoms with Crippen LogP contribution in [0.2, 0.25) is 0 Å². The van der Waals surface area contributed by atoms with Crippen molar-refractivity contribution >= 4 is 43.5 Å². The Hall–Kier alpha value is -3.13. The van der Waals surface area contributed by atoms with Gasteiger partial charge in [-0.1, -0.05) is 12.1 Å². The summed E-state index contributed by atoms with van der Waals surface area (Å²) in [5, 5.41) is 7.68. The molecule has 2 aromatic rings. The molecule has 6 aliphatic rings. The number of urea groups is 1. The fraction of sp³-hybridized carbons (Fsp3) is 0.611. The highest BCUT2D eigenvalue weighted by atomic mass is 32.2. The van der Waals surface area contributed by atoms with Crippen molar-refractivity contribution in [3.8, 4) is 0 Å². The SMILES string of the molecule is NS(=O)(=O)CCN1CCC1.O=C(Nc1c2c(cc3c1CCC3)CCC2)NS(=O)(=O)CCN1CCC1.O=C=Nc1c2c(cc3c1CCC3)CCC2. The van der Waals surface area contributed by atoms with Crippen molar-refractivity contribution in [1.82, 2.24) is 14.5 Å². The van der Waals surface area contributed by atoms with Gasteiger partial charge >= 0.3 is 6.03 Å². The zero-order valence-corrected chi connectivity index (χ0v) is 30.5. The van der Waals surface area contributed by atoms with Crippen molar-refractivity contribution in [3.63, 3.8) is 0 Å². The predicted molar refractivity (Wildman–Crippen MR) is 195 cm³/mol. The van der Waals surface area contributed by atoms with Gasteiger partial charge < -0.3 is 15.1 Å². The lowest BCUT2D eigenvalue weighted by molar-refractivity contribution is 0.193. The van der Waals surface area contributed by atoms with Crippen LogP contribution >= 0.6 is 0 Å². The van der Waals surface area contributed by atoms with Gasteiger partial charge in [-0.05, 0) is 161 Å². The standard InChI is InChI=1S/C18H25N3O3S.C13H13NO.C5H12N2O2S/c22-18(20-25(23,24)11-10-21-8-3-9-21)19-17-15-6-1-4-13(15)12-14-5-2-7-16(14)17;15-8-14-13-11-5-1-3-9(11)7-10-4-2-6-12(10)13;6-10(8,9)5-4-7-2-1-3-7/h12H,1-11H2,(H2,19,20,22);7H,1-6H2;1-5H2,(H2,6,8,9). The summed E-state index contributed by atoms with van der Waals surface area (Å²) in [5.74, 6) is 0.0540. The van der Waals surface area contributed by atoms with Gasteiger partial charge in [0.15, 0.2) is 0 Å². The summed E-state index contributed by atoms with van der Waals surface area (Å²) in [4.78, 5) is 30.9. The first-order valence-corrected chi connectivity index (χ1v) is 21.5. The molecule has 4 N–H and O–H groups in total. The molecule has 4 aliphatic carbocycles. The van der Waals surface area contributed by atoms with E-state index in [0.29, 0.717) is 13.1 Å². The van der Waals surface area contributed by atoms with Crippen molar-refractivity contribution in [2.24, 2.45) is 10.1 Å². The maximum atomic E-state index is 12.3. The highest BCUT2D eigenvalue weighted by Crippen LogP contribution is 2.40. The molecule has 2 aromatic carbocycles. The van der Waals surface area contributed by atoms with Crippen LogP contribution in [0.4, 0.5) is 16.2 Å². The first-order chi connectivity index (χ1) is 24.0. The number of aliphatic imine (C=N–C) groups is 1. The highest BCUT2D eigenvalue weighted by Gasteiger charge is 2.27. The first kappa shape index (κ1) is 36.7. The van der Waals surface area contributed by atoms with E-state index in [2.05, 4.69) is 37.0 Å². The van der Waals surface area contributed by atoms with E-state index in [1.54, 1.807) is 6.08 Å². The van der Waals surface area contributed by atoms with E-state index in [1.165, 1.54) is 63.8 Å². The molecule has 12 nitrogen and oxygen atoms in total. The summed E-state index contributed by atoms with van der Waals surface area (Å²) >= 11 is 0. The summed E-state index contributed by atoms with van der Waals surface area (Å²) < 4.78 is 47.3. The second-order valence-corrected chi connectivity index (χ2v) is 17.9. The lowest BCUT2D eigenvalue weighted by atomic mass is 9.99. The summed E-state index contributed by atoms with van der Waals surface area (Å²) in [6, 6.07) is 4.00. The Balaban J connectivity index is 0.000000146. The summed E-state index contributed by atoms with van der Waals surface area (Å²) in [6.45, 7) is 5.02. The molecule has 2 amide bonds. The number of amides is 2. The van der Waals surface area contributed by atoms with Gasteiger partial charge in [0.05, 0.1) is 17.2 Å². The van der Waals surface area contributed by atoms with Crippen LogP contribution < -0.4 is 15.2 Å². The van der Waals surface area contributed by atoms with Crippen LogP contribution in [0.5, 0.6) is 0 Å². The maximum Gasteiger partial charge on any atom is 0.332 e. The first-order valence-electron chi connectivity index (χ1n) is 18.2. The molecule has 0 saturated carbocycles. The number of nitrogens with zero attached hydrogens (tertiary/aromatic N) is 3. The highest BCUT2D eigenvalue weighted by molar-refractivity contribution is 7.90. The number of anilines is 1. The van der Waals surface area contributed by atoms with E-state index in [9.17, 15) is 26.4 Å². The quantitative estimate of drug-likeness (QED) is 0.261. The van der Waals surface area contributed by atoms with Gasteiger partial charge in [-0.15, -0.1) is 0 Å². The van der Waals surface area contributed by atoms with Crippen LogP contribution in [0, 0.1) is 0 Å². The number of nitrogens with two attached hydrogens (primary N) is 1. The molecular formula is C36H50N6O6S2. The summed E-state index contributed by atoms with van der Waals surface area (Å²) in [7, 11) is -6.84. The van der Waals surface area contributed by atoms with Gasteiger partial charge in [0.1, 0.15) is 0 Å². The number of carbonyl (C=O) groups excluding carboxylic acids is 2. The van der Waals surface area contributed by atoms with E-state index in [1.807, 2.05) is 0 Å². The van der Waals surface area contributed by atoms with E-state index in [4.69, 9.17) is 5.14 Å². The third-order valence-electron chi connectivity index (χ3n) is 10.8. The molecule has 0 unspecified atom stereocenters. The van der Waals surface area contributed by atoms with Gasteiger partial charge in [0.2, 0.25) is 26.1 Å². The van der Waals surface area contributed by atoms with E-state index >= 15 is 0 Å². The molecule has 2 heterocycles. The summed E-state index contributed by atoms with van der Waals surface area (Å²) in [6.07, 6.45) is 17.1. The zero-order valence-electron chi connectivity index (χ0n) is 28.9. The number of fused-ring (bicyclic) bond motifs is 4. The zero-order chi connectivity index (χ0) is 35.3. The van der Waals surface area contributed by atoms with Crippen molar-refractivity contribution in [1.29, 1.82) is 0 Å². The number of nitrogens with one attached hydrogen (secondary N) is 2. The Bertz CT molecular complexity index is 1800. The van der Waals surface area contributed by atoms with Crippen molar-refractivity contribution in [2.75, 3.05) is 56.1 Å². The Morgan fingerprint density at radius 1 is 0.680 bits per heavy atom. The van der Waals surface area contributed by atoms with E-state index < -0.39 is 26.1 Å². The smallest absolute Gasteiger partial charge is 0.307 e.